The Balaban J connectivity index is 1.61. The van der Waals surface area contributed by atoms with Crippen LogP contribution in [0.1, 0.15) is 34.9 Å². The van der Waals surface area contributed by atoms with Gasteiger partial charge < -0.3 is 9.42 Å². The minimum atomic E-state index is -0.123. The SMILES string of the molecule is Cc1ccc(C)c(-c2noc(C3CC(=O)N(c4cccc(Cl)c4C)C3)n2)c1. The van der Waals surface area contributed by atoms with Crippen molar-refractivity contribution in [3.8, 4) is 11.4 Å². The number of nitrogens with zero attached hydrogens (tertiary/aromatic N) is 3. The molecule has 3 aromatic rings. The third kappa shape index (κ3) is 3.23. The number of aryl methyl sites for hydroxylation is 2. The third-order valence-corrected chi connectivity index (χ3v) is 5.49. The molecule has 138 valence electrons. The van der Waals surface area contributed by atoms with Crippen molar-refractivity contribution in [2.75, 3.05) is 11.4 Å². The molecule has 1 unspecified atom stereocenters. The normalized spacial score (nSPS) is 17.0. The summed E-state index contributed by atoms with van der Waals surface area (Å²) in [5, 5.41) is 4.80. The Morgan fingerprint density at radius 3 is 2.81 bits per heavy atom. The second-order valence-corrected chi connectivity index (χ2v) is 7.47. The van der Waals surface area contributed by atoms with Gasteiger partial charge in [-0.25, -0.2) is 0 Å². The molecule has 4 rings (SSSR count). The summed E-state index contributed by atoms with van der Waals surface area (Å²) >= 11 is 6.21. The van der Waals surface area contributed by atoms with Crippen LogP contribution in [0.2, 0.25) is 5.02 Å². The van der Waals surface area contributed by atoms with E-state index in [0.717, 1.165) is 27.9 Å². The zero-order chi connectivity index (χ0) is 19.1. The van der Waals surface area contributed by atoms with Crippen LogP contribution in [0.5, 0.6) is 0 Å². The lowest BCUT2D eigenvalue weighted by atomic mass is 10.1. The van der Waals surface area contributed by atoms with E-state index in [1.807, 2.05) is 51.1 Å². The molecule has 6 heteroatoms. The van der Waals surface area contributed by atoms with Gasteiger partial charge in [-0.2, -0.15) is 4.98 Å². The van der Waals surface area contributed by atoms with Crippen LogP contribution in [-0.2, 0) is 4.79 Å². The summed E-state index contributed by atoms with van der Waals surface area (Å²) in [5.41, 5.74) is 4.92. The molecule has 0 radical (unpaired) electrons. The van der Waals surface area contributed by atoms with Gasteiger partial charge in [-0.05, 0) is 50.1 Å². The Hall–Kier alpha value is -2.66. The third-order valence-electron chi connectivity index (χ3n) is 5.08. The monoisotopic (exact) mass is 381 g/mol. The molecule has 2 heterocycles. The number of rotatable bonds is 3. The Labute approximate surface area is 163 Å². The zero-order valence-electron chi connectivity index (χ0n) is 15.5. The number of carbonyl (C=O) groups excluding carboxylic acids is 1. The van der Waals surface area contributed by atoms with E-state index in [1.54, 1.807) is 4.90 Å². The summed E-state index contributed by atoms with van der Waals surface area (Å²) in [6.45, 7) is 6.48. The lowest BCUT2D eigenvalue weighted by Gasteiger charge is -2.19. The second-order valence-electron chi connectivity index (χ2n) is 7.06. The molecule has 0 spiro atoms. The number of aromatic nitrogens is 2. The first kappa shape index (κ1) is 17.7. The zero-order valence-corrected chi connectivity index (χ0v) is 16.2. The van der Waals surface area contributed by atoms with Crippen LogP contribution in [0.4, 0.5) is 5.69 Å². The molecule has 1 saturated heterocycles. The minimum absolute atomic E-state index is 0.0388. The van der Waals surface area contributed by atoms with Crippen LogP contribution in [0.25, 0.3) is 11.4 Å². The summed E-state index contributed by atoms with van der Waals surface area (Å²) < 4.78 is 5.52. The van der Waals surface area contributed by atoms with E-state index < -0.39 is 0 Å². The van der Waals surface area contributed by atoms with Crippen LogP contribution in [0.15, 0.2) is 40.9 Å². The Bertz CT molecular complexity index is 1030. The standard InChI is InChI=1S/C21H20ClN3O2/c1-12-7-8-13(2)16(9-12)20-23-21(27-24-20)15-10-19(26)25(11-15)18-6-4-5-17(22)14(18)3/h4-9,15H,10-11H2,1-3H3. The highest BCUT2D eigenvalue weighted by Gasteiger charge is 2.36. The van der Waals surface area contributed by atoms with Crippen LogP contribution < -0.4 is 4.90 Å². The van der Waals surface area contributed by atoms with Gasteiger partial charge in [0.2, 0.25) is 17.6 Å². The van der Waals surface area contributed by atoms with Gasteiger partial charge in [-0.15, -0.1) is 0 Å². The lowest BCUT2D eigenvalue weighted by Crippen LogP contribution is -2.25. The van der Waals surface area contributed by atoms with Crippen molar-refractivity contribution in [1.29, 1.82) is 0 Å². The van der Waals surface area contributed by atoms with Gasteiger partial charge >= 0.3 is 0 Å². The highest BCUT2D eigenvalue weighted by molar-refractivity contribution is 6.31. The fourth-order valence-corrected chi connectivity index (χ4v) is 3.65. The molecule has 1 aliphatic rings. The highest BCUT2D eigenvalue weighted by Crippen LogP contribution is 2.35. The number of anilines is 1. The first-order chi connectivity index (χ1) is 12.9. The van der Waals surface area contributed by atoms with Gasteiger partial charge in [0.15, 0.2) is 0 Å². The Kier molecular flexibility index (Phi) is 4.48. The molecule has 27 heavy (non-hydrogen) atoms. The van der Waals surface area contributed by atoms with Crippen LogP contribution in [0.3, 0.4) is 0 Å². The molecule has 0 bridgehead atoms. The number of benzene rings is 2. The van der Waals surface area contributed by atoms with E-state index in [1.165, 1.54) is 0 Å². The molecule has 5 nitrogen and oxygen atoms in total. The average molecular weight is 382 g/mol. The van der Waals surface area contributed by atoms with Crippen LogP contribution >= 0.6 is 11.6 Å². The van der Waals surface area contributed by atoms with Crippen molar-refractivity contribution >= 4 is 23.2 Å². The number of hydrogen-bond donors (Lipinski definition) is 0. The quantitative estimate of drug-likeness (QED) is 0.651. The molecule has 0 N–H and O–H groups in total. The van der Waals surface area contributed by atoms with Crippen molar-refractivity contribution in [3.63, 3.8) is 0 Å². The van der Waals surface area contributed by atoms with E-state index in [4.69, 9.17) is 16.1 Å². The van der Waals surface area contributed by atoms with Gasteiger partial charge in [0.05, 0.1) is 5.92 Å². The summed E-state index contributed by atoms with van der Waals surface area (Å²) in [6.07, 6.45) is 0.348. The molecule has 2 aromatic carbocycles. The van der Waals surface area contributed by atoms with Crippen LogP contribution in [-0.4, -0.2) is 22.6 Å². The summed E-state index contributed by atoms with van der Waals surface area (Å²) in [4.78, 5) is 18.9. The lowest BCUT2D eigenvalue weighted by molar-refractivity contribution is -0.117. The molecule has 1 amide bonds. The maximum atomic E-state index is 12.6. The maximum absolute atomic E-state index is 12.6. The van der Waals surface area contributed by atoms with Crippen molar-refractivity contribution < 1.29 is 9.32 Å². The molecule has 1 fully saturated rings. The van der Waals surface area contributed by atoms with Crippen molar-refractivity contribution in [2.45, 2.75) is 33.1 Å². The van der Waals surface area contributed by atoms with Gasteiger partial charge in [-0.1, -0.05) is 40.5 Å². The largest absolute Gasteiger partial charge is 0.339 e. The van der Waals surface area contributed by atoms with Crippen molar-refractivity contribution in [2.24, 2.45) is 0 Å². The fourth-order valence-electron chi connectivity index (χ4n) is 3.48. The predicted octanol–water partition coefficient (Wildman–Crippen LogP) is 4.84. The average Bonchev–Trinajstić information content (AvgIpc) is 3.26. The summed E-state index contributed by atoms with van der Waals surface area (Å²) in [5.74, 6) is 0.983. The topological polar surface area (TPSA) is 59.2 Å². The molecule has 0 saturated carbocycles. The van der Waals surface area contributed by atoms with E-state index in [-0.39, 0.29) is 11.8 Å². The number of amides is 1. The van der Waals surface area contributed by atoms with Gasteiger partial charge in [-0.3, -0.25) is 4.79 Å². The van der Waals surface area contributed by atoms with Gasteiger partial charge in [0.25, 0.3) is 0 Å². The molecular formula is C21H20ClN3O2. The van der Waals surface area contributed by atoms with Crippen LogP contribution in [0, 0.1) is 20.8 Å². The van der Waals surface area contributed by atoms with Crippen molar-refractivity contribution in [3.05, 3.63) is 64.0 Å². The summed E-state index contributed by atoms with van der Waals surface area (Å²) in [6, 6.07) is 11.7. The molecular weight excluding hydrogens is 362 g/mol. The van der Waals surface area contributed by atoms with Gasteiger partial charge in [0, 0.05) is 29.2 Å². The molecule has 1 aliphatic heterocycles. The second kappa shape index (κ2) is 6.82. The van der Waals surface area contributed by atoms with E-state index in [2.05, 4.69) is 16.2 Å². The predicted molar refractivity (Wildman–Crippen MR) is 105 cm³/mol. The Morgan fingerprint density at radius 2 is 2.00 bits per heavy atom. The van der Waals surface area contributed by atoms with Crippen molar-refractivity contribution in [1.82, 2.24) is 10.1 Å². The summed E-state index contributed by atoms with van der Waals surface area (Å²) in [7, 11) is 0. The Morgan fingerprint density at radius 1 is 1.19 bits per heavy atom. The first-order valence-corrected chi connectivity index (χ1v) is 9.28. The fraction of sp³-hybridized carbons (Fsp3) is 0.286. The van der Waals surface area contributed by atoms with E-state index in [9.17, 15) is 4.79 Å². The maximum Gasteiger partial charge on any atom is 0.232 e. The highest BCUT2D eigenvalue weighted by atomic mass is 35.5. The number of carbonyl (C=O) groups is 1. The molecule has 0 aliphatic carbocycles. The van der Waals surface area contributed by atoms with E-state index >= 15 is 0 Å². The first-order valence-electron chi connectivity index (χ1n) is 8.90. The molecule has 1 atom stereocenters. The smallest absolute Gasteiger partial charge is 0.232 e. The van der Waals surface area contributed by atoms with Gasteiger partial charge in [0.1, 0.15) is 0 Å². The molecule has 1 aromatic heterocycles. The number of hydrogen-bond acceptors (Lipinski definition) is 4. The minimum Gasteiger partial charge on any atom is -0.339 e. The van der Waals surface area contributed by atoms with E-state index in [0.29, 0.717) is 29.7 Å². The number of halogens is 1.